The molecule has 0 aliphatic carbocycles. The van der Waals surface area contributed by atoms with Gasteiger partial charge in [0.1, 0.15) is 4.75 Å². The molecule has 0 atom stereocenters. The number of carbonyl (C=O) groups excluding carboxylic acids is 1. The minimum absolute atomic E-state index is 0.193. The van der Waals surface area contributed by atoms with Crippen molar-refractivity contribution in [3.63, 3.8) is 0 Å². The van der Waals surface area contributed by atoms with Crippen LogP contribution in [0.4, 0.5) is 0 Å². The van der Waals surface area contributed by atoms with Crippen LogP contribution in [0.2, 0.25) is 0 Å². The van der Waals surface area contributed by atoms with Gasteiger partial charge < -0.3 is 9.72 Å². The van der Waals surface area contributed by atoms with Crippen LogP contribution in [0.3, 0.4) is 0 Å². The summed E-state index contributed by atoms with van der Waals surface area (Å²) < 4.78 is 5.51. The van der Waals surface area contributed by atoms with Crippen molar-refractivity contribution in [3.05, 3.63) is 28.9 Å². The first-order valence-corrected chi connectivity index (χ1v) is 7.68. The summed E-state index contributed by atoms with van der Waals surface area (Å²) >= 11 is 5.11. The molecule has 1 aromatic carbocycles. The number of aromatic nitrogens is 1. The monoisotopic (exact) mass is 341 g/mol. The second-order valence-corrected chi connectivity index (χ2v) is 7.11. The zero-order valence-corrected chi connectivity index (χ0v) is 13.5. The molecule has 3 nitrogen and oxygen atoms in total. The number of hydrogen-bond donors (Lipinski definition) is 1. The number of rotatable bonds is 4. The molecule has 0 bridgehead atoms. The molecule has 1 aromatic heterocycles. The Bertz CT molecular complexity index is 607. The number of fused-ring (bicyclic) bond motifs is 1. The largest absolute Gasteiger partial charge is 0.465 e. The van der Waals surface area contributed by atoms with Gasteiger partial charge in [-0.2, -0.15) is 0 Å². The second kappa shape index (κ2) is 5.59. The molecule has 0 amide bonds. The number of ether oxygens (including phenoxy) is 1. The molecule has 2 aromatic rings. The number of carbonyl (C=O) groups is 1. The summed E-state index contributed by atoms with van der Waals surface area (Å²) in [6, 6.07) is 6.04. The Morgan fingerprint density at radius 2 is 2.16 bits per heavy atom. The van der Waals surface area contributed by atoms with Crippen LogP contribution in [0.25, 0.3) is 10.9 Å². The van der Waals surface area contributed by atoms with E-state index in [2.05, 4.69) is 20.9 Å². The van der Waals surface area contributed by atoms with E-state index in [0.717, 1.165) is 20.3 Å². The maximum atomic E-state index is 11.9. The zero-order chi connectivity index (χ0) is 14.0. The predicted octanol–water partition coefficient (Wildman–Crippen LogP) is 4.36. The van der Waals surface area contributed by atoms with E-state index in [1.807, 2.05) is 45.2 Å². The van der Waals surface area contributed by atoms with Crippen molar-refractivity contribution in [1.82, 2.24) is 4.98 Å². The highest BCUT2D eigenvalue weighted by Crippen LogP contribution is 2.40. The first-order valence-electron chi connectivity index (χ1n) is 6.07. The molecule has 5 heteroatoms. The Balaban J connectivity index is 2.30. The van der Waals surface area contributed by atoms with E-state index >= 15 is 0 Å². The van der Waals surface area contributed by atoms with Gasteiger partial charge in [-0.05, 0) is 54.9 Å². The Morgan fingerprint density at radius 3 is 2.84 bits per heavy atom. The van der Waals surface area contributed by atoms with Gasteiger partial charge in [-0.1, -0.05) is 0 Å². The van der Waals surface area contributed by atoms with Gasteiger partial charge in [-0.25, -0.2) is 0 Å². The number of aromatic amines is 1. The Kier molecular flexibility index (Phi) is 4.26. The predicted molar refractivity (Wildman–Crippen MR) is 82.6 cm³/mol. The molecule has 0 aliphatic rings. The SMILES string of the molecule is CCOC(=O)C(C)(C)Sc1ccc2[nH]ccc2c1Br. The standard InChI is InChI=1S/C14H16BrNO2S/c1-4-18-13(17)14(2,3)19-11-6-5-10-9(12(11)15)7-8-16-10/h5-8,16H,4H2,1-3H3. The van der Waals surface area contributed by atoms with Crippen molar-refractivity contribution < 1.29 is 9.53 Å². The van der Waals surface area contributed by atoms with Gasteiger partial charge in [-0.3, -0.25) is 4.79 Å². The highest BCUT2D eigenvalue weighted by Gasteiger charge is 2.31. The average Bonchev–Trinajstić information content (AvgIpc) is 2.82. The molecule has 1 N–H and O–H groups in total. The van der Waals surface area contributed by atoms with Gasteiger partial charge in [0.2, 0.25) is 0 Å². The van der Waals surface area contributed by atoms with Gasteiger partial charge in [0.15, 0.2) is 0 Å². The van der Waals surface area contributed by atoms with E-state index in [9.17, 15) is 4.79 Å². The lowest BCUT2D eigenvalue weighted by atomic mass is 10.2. The Morgan fingerprint density at radius 1 is 1.42 bits per heavy atom. The molecule has 19 heavy (non-hydrogen) atoms. The van der Waals surface area contributed by atoms with Gasteiger partial charge in [0.25, 0.3) is 0 Å². The smallest absolute Gasteiger partial charge is 0.321 e. The summed E-state index contributed by atoms with van der Waals surface area (Å²) in [5.41, 5.74) is 1.07. The van der Waals surface area contributed by atoms with E-state index in [1.54, 1.807) is 0 Å². The lowest BCUT2D eigenvalue weighted by Crippen LogP contribution is -2.29. The molecule has 2 rings (SSSR count). The van der Waals surface area contributed by atoms with Crippen molar-refractivity contribution in [1.29, 1.82) is 0 Å². The fourth-order valence-corrected chi connectivity index (χ4v) is 3.53. The average molecular weight is 342 g/mol. The van der Waals surface area contributed by atoms with Crippen LogP contribution in [0.15, 0.2) is 33.8 Å². The molecule has 102 valence electrons. The first-order chi connectivity index (χ1) is 8.95. The van der Waals surface area contributed by atoms with E-state index < -0.39 is 4.75 Å². The summed E-state index contributed by atoms with van der Waals surface area (Å²) in [4.78, 5) is 16.1. The van der Waals surface area contributed by atoms with E-state index in [4.69, 9.17) is 4.74 Å². The van der Waals surface area contributed by atoms with Crippen LogP contribution in [0, 0.1) is 0 Å². The zero-order valence-electron chi connectivity index (χ0n) is 11.1. The molecular formula is C14H16BrNO2S. The second-order valence-electron chi connectivity index (χ2n) is 4.65. The van der Waals surface area contributed by atoms with Crippen molar-refractivity contribution in [2.75, 3.05) is 6.61 Å². The number of benzene rings is 1. The van der Waals surface area contributed by atoms with Crippen LogP contribution >= 0.6 is 27.7 Å². The van der Waals surface area contributed by atoms with Crippen molar-refractivity contribution in [3.8, 4) is 0 Å². The summed E-state index contributed by atoms with van der Waals surface area (Å²) in [6.45, 7) is 5.98. The Labute approximate surface area is 125 Å². The number of nitrogens with one attached hydrogen (secondary N) is 1. The topological polar surface area (TPSA) is 42.1 Å². The van der Waals surface area contributed by atoms with Gasteiger partial charge in [0, 0.05) is 26.5 Å². The number of H-pyrrole nitrogens is 1. The normalized spacial score (nSPS) is 11.8. The molecule has 0 saturated heterocycles. The van der Waals surface area contributed by atoms with Crippen LogP contribution in [-0.4, -0.2) is 22.3 Å². The van der Waals surface area contributed by atoms with Crippen LogP contribution < -0.4 is 0 Å². The molecule has 0 fully saturated rings. The quantitative estimate of drug-likeness (QED) is 0.663. The maximum absolute atomic E-state index is 11.9. The Hall–Kier alpha value is -0.940. The number of thioether (sulfide) groups is 1. The summed E-state index contributed by atoms with van der Waals surface area (Å²) in [6.07, 6.45) is 1.90. The minimum atomic E-state index is -0.609. The molecule has 0 aliphatic heterocycles. The van der Waals surface area contributed by atoms with Crippen molar-refractivity contribution in [2.24, 2.45) is 0 Å². The fourth-order valence-electron chi connectivity index (χ4n) is 1.78. The molecule has 0 radical (unpaired) electrons. The minimum Gasteiger partial charge on any atom is -0.465 e. The first kappa shape index (κ1) is 14.5. The molecule has 0 spiro atoms. The molecule has 0 saturated carbocycles. The van der Waals surface area contributed by atoms with Gasteiger partial charge in [-0.15, -0.1) is 11.8 Å². The maximum Gasteiger partial charge on any atom is 0.321 e. The highest BCUT2D eigenvalue weighted by atomic mass is 79.9. The molecular weight excluding hydrogens is 326 g/mol. The van der Waals surface area contributed by atoms with Crippen molar-refractivity contribution >= 4 is 44.6 Å². The van der Waals surface area contributed by atoms with Crippen LogP contribution in [-0.2, 0) is 9.53 Å². The molecule has 0 unspecified atom stereocenters. The third-order valence-electron chi connectivity index (χ3n) is 2.77. The van der Waals surface area contributed by atoms with Crippen LogP contribution in [0.1, 0.15) is 20.8 Å². The highest BCUT2D eigenvalue weighted by molar-refractivity contribution is 9.10. The van der Waals surface area contributed by atoms with E-state index in [1.165, 1.54) is 11.8 Å². The third-order valence-corrected chi connectivity index (χ3v) is 5.12. The van der Waals surface area contributed by atoms with E-state index in [-0.39, 0.29) is 5.97 Å². The number of esters is 1. The molecule has 1 heterocycles. The van der Waals surface area contributed by atoms with Gasteiger partial charge >= 0.3 is 5.97 Å². The fraction of sp³-hybridized carbons (Fsp3) is 0.357. The van der Waals surface area contributed by atoms with Crippen LogP contribution in [0.5, 0.6) is 0 Å². The number of hydrogen-bond acceptors (Lipinski definition) is 3. The summed E-state index contributed by atoms with van der Waals surface area (Å²) in [5.74, 6) is -0.193. The number of halogens is 1. The summed E-state index contributed by atoms with van der Waals surface area (Å²) in [7, 11) is 0. The third kappa shape index (κ3) is 2.98. The lowest BCUT2D eigenvalue weighted by Gasteiger charge is -2.22. The van der Waals surface area contributed by atoms with Crippen molar-refractivity contribution in [2.45, 2.75) is 30.4 Å². The van der Waals surface area contributed by atoms with E-state index in [0.29, 0.717) is 6.61 Å². The lowest BCUT2D eigenvalue weighted by molar-refractivity contribution is -0.145. The van der Waals surface area contributed by atoms with Gasteiger partial charge in [0.05, 0.1) is 6.61 Å². The summed E-state index contributed by atoms with van der Waals surface area (Å²) in [5, 5.41) is 1.12.